The molecular formula is C25H23ClN2O. The van der Waals surface area contributed by atoms with E-state index in [4.69, 9.17) is 16.6 Å². The Morgan fingerprint density at radius 1 is 0.966 bits per heavy atom. The molecule has 146 valence electrons. The highest BCUT2D eigenvalue weighted by molar-refractivity contribution is 6.33. The topological polar surface area (TPSA) is 46.0 Å². The minimum atomic E-state index is 0.153. The molecule has 0 fully saturated rings. The Morgan fingerprint density at radius 2 is 1.72 bits per heavy atom. The van der Waals surface area contributed by atoms with Gasteiger partial charge in [0.25, 0.3) is 0 Å². The van der Waals surface area contributed by atoms with E-state index < -0.39 is 0 Å². The Kier molecular flexibility index (Phi) is 5.61. The van der Waals surface area contributed by atoms with Crippen LogP contribution in [0, 0.1) is 13.8 Å². The lowest BCUT2D eigenvalue weighted by Crippen LogP contribution is -1.99. The summed E-state index contributed by atoms with van der Waals surface area (Å²) in [6, 6.07) is 16.3. The van der Waals surface area contributed by atoms with Gasteiger partial charge in [0.15, 0.2) is 0 Å². The molecule has 0 aliphatic carbocycles. The molecule has 2 heterocycles. The average Bonchev–Trinajstić information content (AvgIpc) is 2.72. The van der Waals surface area contributed by atoms with Crippen LogP contribution in [-0.4, -0.2) is 21.7 Å². The first-order chi connectivity index (χ1) is 14.1. The lowest BCUT2D eigenvalue weighted by atomic mass is 9.89. The second-order valence-electron chi connectivity index (χ2n) is 7.29. The summed E-state index contributed by atoms with van der Waals surface area (Å²) in [5, 5.41) is 11.1. The van der Waals surface area contributed by atoms with Crippen molar-refractivity contribution in [2.24, 2.45) is 0 Å². The van der Waals surface area contributed by atoms with Gasteiger partial charge in [-0.15, -0.1) is 0 Å². The highest BCUT2D eigenvalue weighted by Gasteiger charge is 2.17. The van der Waals surface area contributed by atoms with Crippen molar-refractivity contribution in [1.29, 1.82) is 0 Å². The van der Waals surface area contributed by atoms with E-state index in [1.807, 2.05) is 42.7 Å². The molecule has 0 aliphatic heterocycles. The molecule has 0 radical (unpaired) electrons. The number of rotatable bonds is 5. The van der Waals surface area contributed by atoms with E-state index in [0.717, 1.165) is 44.7 Å². The number of benzene rings is 2. The molecule has 0 aliphatic rings. The van der Waals surface area contributed by atoms with Gasteiger partial charge in [0.2, 0.25) is 0 Å². The molecule has 2 aromatic heterocycles. The molecule has 4 rings (SSSR count). The Hall–Kier alpha value is -2.75. The molecule has 4 heteroatoms. The number of fused-ring (bicyclic) bond motifs is 1. The van der Waals surface area contributed by atoms with E-state index in [-0.39, 0.29) is 6.61 Å². The van der Waals surface area contributed by atoms with Gasteiger partial charge in [-0.25, -0.2) is 0 Å². The zero-order valence-corrected chi connectivity index (χ0v) is 17.4. The van der Waals surface area contributed by atoms with Crippen LogP contribution in [0.4, 0.5) is 0 Å². The average molecular weight is 403 g/mol. The smallest absolute Gasteiger partial charge is 0.0717 e. The summed E-state index contributed by atoms with van der Waals surface area (Å²) in [7, 11) is 0. The second-order valence-corrected chi connectivity index (χ2v) is 7.70. The minimum Gasteiger partial charge on any atom is -0.396 e. The fourth-order valence-corrected chi connectivity index (χ4v) is 4.30. The number of hydrogen-bond acceptors (Lipinski definition) is 3. The molecule has 0 saturated heterocycles. The van der Waals surface area contributed by atoms with E-state index in [1.54, 1.807) is 0 Å². The van der Waals surface area contributed by atoms with Gasteiger partial charge in [-0.05, 0) is 84.8 Å². The van der Waals surface area contributed by atoms with Crippen LogP contribution in [0.5, 0.6) is 0 Å². The predicted octanol–water partition coefficient (Wildman–Crippen LogP) is 6.16. The van der Waals surface area contributed by atoms with E-state index in [2.05, 4.69) is 37.0 Å². The van der Waals surface area contributed by atoms with Crippen LogP contribution >= 0.6 is 11.6 Å². The second kappa shape index (κ2) is 8.32. The third kappa shape index (κ3) is 3.76. The normalized spacial score (nSPS) is 11.2. The lowest BCUT2D eigenvalue weighted by molar-refractivity contribution is 0.288. The molecule has 3 nitrogen and oxygen atoms in total. The van der Waals surface area contributed by atoms with Gasteiger partial charge < -0.3 is 5.11 Å². The fraction of sp³-hybridized carbons (Fsp3) is 0.200. The van der Waals surface area contributed by atoms with E-state index in [1.165, 1.54) is 16.7 Å². The third-order valence-electron chi connectivity index (χ3n) is 5.32. The zero-order valence-electron chi connectivity index (χ0n) is 16.6. The van der Waals surface area contributed by atoms with E-state index >= 15 is 0 Å². The molecule has 0 unspecified atom stereocenters. The molecule has 0 amide bonds. The largest absolute Gasteiger partial charge is 0.396 e. The van der Waals surface area contributed by atoms with Gasteiger partial charge in [0.1, 0.15) is 0 Å². The van der Waals surface area contributed by atoms with Crippen molar-refractivity contribution in [3.05, 3.63) is 82.8 Å². The van der Waals surface area contributed by atoms with Gasteiger partial charge >= 0.3 is 0 Å². The van der Waals surface area contributed by atoms with Gasteiger partial charge in [-0.3, -0.25) is 9.97 Å². The van der Waals surface area contributed by atoms with Crippen molar-refractivity contribution in [2.75, 3.05) is 6.61 Å². The molecular weight excluding hydrogens is 380 g/mol. The Labute approximate surface area is 176 Å². The van der Waals surface area contributed by atoms with Crippen molar-refractivity contribution in [2.45, 2.75) is 26.7 Å². The number of aliphatic hydroxyl groups excluding tert-OH is 1. The highest BCUT2D eigenvalue weighted by atomic mass is 35.5. The molecule has 29 heavy (non-hydrogen) atoms. The number of aromatic nitrogens is 2. The summed E-state index contributed by atoms with van der Waals surface area (Å²) in [5.41, 5.74) is 8.73. The van der Waals surface area contributed by atoms with Gasteiger partial charge in [0, 0.05) is 40.7 Å². The lowest BCUT2D eigenvalue weighted by Gasteiger charge is -2.18. The van der Waals surface area contributed by atoms with Crippen LogP contribution in [0.3, 0.4) is 0 Å². The summed E-state index contributed by atoms with van der Waals surface area (Å²) < 4.78 is 0. The first-order valence-electron chi connectivity index (χ1n) is 9.80. The summed E-state index contributed by atoms with van der Waals surface area (Å²) >= 11 is 6.59. The monoisotopic (exact) mass is 402 g/mol. The summed E-state index contributed by atoms with van der Waals surface area (Å²) in [5.74, 6) is 0. The zero-order chi connectivity index (χ0) is 20.4. The van der Waals surface area contributed by atoms with Crippen LogP contribution in [-0.2, 0) is 6.42 Å². The van der Waals surface area contributed by atoms with Gasteiger partial charge in [0.05, 0.1) is 5.52 Å². The molecule has 0 bridgehead atoms. The molecule has 0 saturated carbocycles. The van der Waals surface area contributed by atoms with Crippen LogP contribution in [0.1, 0.15) is 23.2 Å². The van der Waals surface area contributed by atoms with E-state index in [0.29, 0.717) is 6.42 Å². The van der Waals surface area contributed by atoms with Crippen LogP contribution < -0.4 is 0 Å². The van der Waals surface area contributed by atoms with Crippen molar-refractivity contribution < 1.29 is 5.11 Å². The molecule has 1 N–H and O–H groups in total. The Morgan fingerprint density at radius 3 is 2.45 bits per heavy atom. The Bertz CT molecular complexity index is 1170. The van der Waals surface area contributed by atoms with E-state index in [9.17, 15) is 5.11 Å². The number of hydrogen-bond donors (Lipinski definition) is 1. The number of aliphatic hydroxyl groups is 1. The molecule has 0 atom stereocenters. The number of aryl methyl sites for hydroxylation is 3. The van der Waals surface area contributed by atoms with Crippen LogP contribution in [0.25, 0.3) is 33.2 Å². The van der Waals surface area contributed by atoms with Crippen molar-refractivity contribution in [3.8, 4) is 22.3 Å². The predicted molar refractivity (Wildman–Crippen MR) is 120 cm³/mol. The SMILES string of the molecule is Cc1cc2nc(CCCO)cc(-c3ccccc3Cl)c2c(C)c1-c1ccncc1. The summed E-state index contributed by atoms with van der Waals surface area (Å²) in [4.78, 5) is 9.08. The first-order valence-corrected chi connectivity index (χ1v) is 10.2. The summed E-state index contributed by atoms with van der Waals surface area (Å²) in [6.45, 7) is 4.43. The number of halogens is 1. The highest BCUT2D eigenvalue weighted by Crippen LogP contribution is 2.40. The molecule has 4 aromatic rings. The van der Waals surface area contributed by atoms with Crippen LogP contribution in [0.15, 0.2) is 60.9 Å². The maximum Gasteiger partial charge on any atom is 0.0717 e. The molecule has 2 aromatic carbocycles. The number of nitrogens with zero attached hydrogens (tertiary/aromatic N) is 2. The number of pyridine rings is 2. The van der Waals surface area contributed by atoms with Crippen LogP contribution in [0.2, 0.25) is 5.02 Å². The Balaban J connectivity index is 2.06. The quantitative estimate of drug-likeness (QED) is 0.435. The maximum atomic E-state index is 9.27. The third-order valence-corrected chi connectivity index (χ3v) is 5.65. The maximum absolute atomic E-state index is 9.27. The van der Waals surface area contributed by atoms with Crippen molar-refractivity contribution in [3.63, 3.8) is 0 Å². The molecule has 0 spiro atoms. The van der Waals surface area contributed by atoms with Crippen molar-refractivity contribution >= 4 is 22.5 Å². The van der Waals surface area contributed by atoms with Crippen molar-refractivity contribution in [1.82, 2.24) is 9.97 Å². The van der Waals surface area contributed by atoms with Gasteiger partial charge in [-0.2, -0.15) is 0 Å². The standard InChI is InChI=1S/C25H23ClN2O/c1-16-14-23-25(17(2)24(16)18-9-11-27-12-10-18)21(15-19(28-23)6-5-13-29)20-7-3-4-8-22(20)26/h3-4,7-12,14-15,29H,5-6,13H2,1-2H3. The fourth-order valence-electron chi connectivity index (χ4n) is 4.06. The summed E-state index contributed by atoms with van der Waals surface area (Å²) in [6.07, 6.45) is 5.06. The van der Waals surface area contributed by atoms with Gasteiger partial charge in [-0.1, -0.05) is 29.8 Å². The minimum absolute atomic E-state index is 0.153. The first kappa shape index (κ1) is 19.6.